The molecule has 1 saturated heterocycles. The summed E-state index contributed by atoms with van der Waals surface area (Å²) in [5.74, 6) is -0.0918. The zero-order valence-electron chi connectivity index (χ0n) is 8.49. The van der Waals surface area contributed by atoms with E-state index in [2.05, 4.69) is 5.32 Å². The normalized spacial score (nSPS) is 37.5. The fourth-order valence-corrected chi connectivity index (χ4v) is 2.24. The van der Waals surface area contributed by atoms with E-state index < -0.39 is 0 Å². The summed E-state index contributed by atoms with van der Waals surface area (Å²) in [6, 6.07) is 0.353. The van der Waals surface area contributed by atoms with Gasteiger partial charge in [0.1, 0.15) is 6.04 Å². The van der Waals surface area contributed by atoms with Crippen molar-refractivity contribution in [3.05, 3.63) is 0 Å². The molecule has 1 aliphatic carbocycles. The van der Waals surface area contributed by atoms with Gasteiger partial charge in [0.15, 0.2) is 0 Å². The van der Waals surface area contributed by atoms with Gasteiger partial charge in [0.25, 0.3) is 0 Å². The third kappa shape index (κ3) is 2.07. The molecule has 1 saturated carbocycles. The molecule has 0 bridgehead atoms. The lowest BCUT2D eigenvalue weighted by Gasteiger charge is -2.15. The summed E-state index contributed by atoms with van der Waals surface area (Å²) in [5.41, 5.74) is 0. The van der Waals surface area contributed by atoms with Crippen molar-refractivity contribution < 1.29 is 14.3 Å². The Morgan fingerprint density at radius 1 is 1.43 bits per heavy atom. The van der Waals surface area contributed by atoms with Crippen molar-refractivity contribution in [3.63, 3.8) is 0 Å². The summed E-state index contributed by atoms with van der Waals surface area (Å²) in [4.78, 5) is 11.2. The number of hydrogen-bond donors (Lipinski definition) is 1. The summed E-state index contributed by atoms with van der Waals surface area (Å²) in [5, 5.41) is 3.34. The molecule has 2 fully saturated rings. The molecule has 0 amide bonds. The summed E-state index contributed by atoms with van der Waals surface area (Å²) in [6.07, 6.45) is 4.38. The maximum Gasteiger partial charge on any atom is 0.323 e. The number of carbonyl (C=O) groups is 1. The van der Waals surface area contributed by atoms with Crippen molar-refractivity contribution >= 4 is 5.97 Å². The predicted octanol–water partition coefficient (Wildman–Crippen LogP) is 0.459. The lowest BCUT2D eigenvalue weighted by molar-refractivity contribution is -0.139. The molecule has 0 radical (unpaired) electrons. The lowest BCUT2D eigenvalue weighted by Crippen LogP contribution is -2.40. The van der Waals surface area contributed by atoms with Gasteiger partial charge in [-0.15, -0.1) is 0 Å². The molecule has 14 heavy (non-hydrogen) atoms. The van der Waals surface area contributed by atoms with Gasteiger partial charge in [-0.1, -0.05) is 0 Å². The number of nitrogens with one attached hydrogen (secondary N) is 1. The quantitative estimate of drug-likeness (QED) is 0.671. The van der Waals surface area contributed by atoms with Gasteiger partial charge in [-0.2, -0.15) is 0 Å². The highest BCUT2D eigenvalue weighted by Gasteiger charge is 2.32. The Labute approximate surface area is 84.0 Å². The SMILES string of the molecule is COC1CCC(NC2CCOC2=O)C1. The first kappa shape index (κ1) is 9.93. The first-order chi connectivity index (χ1) is 6.79. The monoisotopic (exact) mass is 199 g/mol. The topological polar surface area (TPSA) is 47.6 Å². The predicted molar refractivity (Wildman–Crippen MR) is 50.9 cm³/mol. The number of esters is 1. The van der Waals surface area contributed by atoms with Gasteiger partial charge in [-0.25, -0.2) is 0 Å². The Morgan fingerprint density at radius 3 is 2.86 bits per heavy atom. The Bertz CT molecular complexity index is 219. The van der Waals surface area contributed by atoms with Gasteiger partial charge in [0.05, 0.1) is 12.7 Å². The third-order valence-corrected chi connectivity index (χ3v) is 3.09. The first-order valence-electron chi connectivity index (χ1n) is 5.25. The van der Waals surface area contributed by atoms with Crippen molar-refractivity contribution in [1.29, 1.82) is 0 Å². The van der Waals surface area contributed by atoms with Crippen LogP contribution in [0.5, 0.6) is 0 Å². The van der Waals surface area contributed by atoms with Gasteiger partial charge >= 0.3 is 5.97 Å². The minimum absolute atomic E-state index is 0.0735. The average Bonchev–Trinajstić information content (AvgIpc) is 2.77. The lowest BCUT2D eigenvalue weighted by atomic mass is 10.2. The minimum atomic E-state index is -0.0918. The van der Waals surface area contributed by atoms with Crippen molar-refractivity contribution in [3.8, 4) is 0 Å². The largest absolute Gasteiger partial charge is 0.464 e. The molecule has 0 aromatic carbocycles. The second kappa shape index (κ2) is 4.28. The molecule has 4 nitrogen and oxygen atoms in total. The number of methoxy groups -OCH3 is 1. The van der Waals surface area contributed by atoms with E-state index in [1.54, 1.807) is 7.11 Å². The molecule has 0 aromatic rings. The molecule has 3 atom stereocenters. The molecule has 1 N–H and O–H groups in total. The van der Waals surface area contributed by atoms with Gasteiger partial charge in [-0.3, -0.25) is 4.79 Å². The van der Waals surface area contributed by atoms with E-state index in [9.17, 15) is 4.79 Å². The van der Waals surface area contributed by atoms with Crippen molar-refractivity contribution in [2.45, 2.75) is 43.9 Å². The van der Waals surface area contributed by atoms with E-state index >= 15 is 0 Å². The smallest absolute Gasteiger partial charge is 0.323 e. The van der Waals surface area contributed by atoms with Crippen LogP contribution >= 0.6 is 0 Å². The van der Waals surface area contributed by atoms with E-state index in [0.717, 1.165) is 25.7 Å². The number of rotatable bonds is 3. The van der Waals surface area contributed by atoms with Gasteiger partial charge in [0.2, 0.25) is 0 Å². The Balaban J connectivity index is 1.78. The fourth-order valence-electron chi connectivity index (χ4n) is 2.24. The zero-order valence-corrected chi connectivity index (χ0v) is 8.49. The molecule has 80 valence electrons. The van der Waals surface area contributed by atoms with Gasteiger partial charge < -0.3 is 14.8 Å². The van der Waals surface area contributed by atoms with Crippen LogP contribution in [0, 0.1) is 0 Å². The number of ether oxygens (including phenoxy) is 2. The van der Waals surface area contributed by atoms with Crippen molar-refractivity contribution in [1.82, 2.24) is 5.32 Å². The molecular formula is C10H17NO3. The molecule has 2 aliphatic rings. The standard InChI is InChI=1S/C10H17NO3/c1-13-8-3-2-7(6-8)11-9-4-5-14-10(9)12/h7-9,11H,2-6H2,1H3. The highest BCUT2D eigenvalue weighted by Crippen LogP contribution is 2.22. The molecular weight excluding hydrogens is 182 g/mol. The summed E-state index contributed by atoms with van der Waals surface area (Å²) < 4.78 is 10.2. The van der Waals surface area contributed by atoms with Gasteiger partial charge in [0, 0.05) is 19.6 Å². The average molecular weight is 199 g/mol. The summed E-state index contributed by atoms with van der Waals surface area (Å²) in [6.45, 7) is 0.566. The highest BCUT2D eigenvalue weighted by atomic mass is 16.5. The molecule has 0 aromatic heterocycles. The van der Waals surface area contributed by atoms with Gasteiger partial charge in [-0.05, 0) is 19.3 Å². The molecule has 3 unspecified atom stereocenters. The second-order valence-electron chi connectivity index (χ2n) is 4.04. The maximum atomic E-state index is 11.2. The van der Waals surface area contributed by atoms with Crippen LogP contribution in [0.1, 0.15) is 25.7 Å². The van der Waals surface area contributed by atoms with E-state index in [-0.39, 0.29) is 12.0 Å². The third-order valence-electron chi connectivity index (χ3n) is 3.09. The zero-order chi connectivity index (χ0) is 9.97. The van der Waals surface area contributed by atoms with Crippen LogP contribution in [0.4, 0.5) is 0 Å². The maximum absolute atomic E-state index is 11.2. The fraction of sp³-hybridized carbons (Fsp3) is 0.900. The minimum Gasteiger partial charge on any atom is -0.464 e. The number of hydrogen-bond acceptors (Lipinski definition) is 4. The summed E-state index contributed by atoms with van der Waals surface area (Å²) in [7, 11) is 1.75. The first-order valence-corrected chi connectivity index (χ1v) is 5.25. The molecule has 0 spiro atoms. The van der Waals surface area contributed by atoms with E-state index in [0.29, 0.717) is 18.8 Å². The van der Waals surface area contributed by atoms with E-state index in [4.69, 9.17) is 9.47 Å². The van der Waals surface area contributed by atoms with Crippen LogP contribution < -0.4 is 5.32 Å². The summed E-state index contributed by atoms with van der Waals surface area (Å²) >= 11 is 0. The Kier molecular flexibility index (Phi) is 3.03. The van der Waals surface area contributed by atoms with Crippen LogP contribution in [0.3, 0.4) is 0 Å². The van der Waals surface area contributed by atoms with Crippen LogP contribution in [0.25, 0.3) is 0 Å². The van der Waals surface area contributed by atoms with Crippen LogP contribution in [0.2, 0.25) is 0 Å². The molecule has 4 heteroatoms. The van der Waals surface area contributed by atoms with Crippen LogP contribution in [0.15, 0.2) is 0 Å². The molecule has 2 rings (SSSR count). The van der Waals surface area contributed by atoms with E-state index in [1.807, 2.05) is 0 Å². The number of cyclic esters (lactones) is 1. The molecule has 1 heterocycles. The Morgan fingerprint density at radius 2 is 2.29 bits per heavy atom. The van der Waals surface area contributed by atoms with Crippen molar-refractivity contribution in [2.24, 2.45) is 0 Å². The highest BCUT2D eigenvalue weighted by molar-refractivity contribution is 5.77. The van der Waals surface area contributed by atoms with E-state index in [1.165, 1.54) is 0 Å². The number of carbonyl (C=O) groups excluding carboxylic acids is 1. The molecule has 1 aliphatic heterocycles. The second-order valence-corrected chi connectivity index (χ2v) is 4.04. The van der Waals surface area contributed by atoms with Crippen molar-refractivity contribution in [2.75, 3.05) is 13.7 Å². The Hall–Kier alpha value is -0.610. The van der Waals surface area contributed by atoms with Crippen LogP contribution in [-0.4, -0.2) is 37.9 Å². The van der Waals surface area contributed by atoms with Crippen LogP contribution in [-0.2, 0) is 14.3 Å².